The van der Waals surface area contributed by atoms with Crippen molar-refractivity contribution >= 4 is 11.7 Å². The maximum absolute atomic E-state index is 12.2. The predicted molar refractivity (Wildman–Crippen MR) is 94.4 cm³/mol. The molecule has 0 spiro atoms. The van der Waals surface area contributed by atoms with E-state index in [1.165, 1.54) is 24.8 Å². The molecule has 0 bridgehead atoms. The van der Waals surface area contributed by atoms with Crippen molar-refractivity contribution in [1.82, 2.24) is 9.88 Å². The van der Waals surface area contributed by atoms with Crippen molar-refractivity contribution in [3.8, 4) is 0 Å². The molecule has 1 heterocycles. The molecule has 0 fully saturated rings. The normalized spacial score (nSPS) is 10.3. The Balaban J connectivity index is 1.84. The molecule has 0 aliphatic heterocycles. The maximum atomic E-state index is 12.2. The zero-order valence-corrected chi connectivity index (χ0v) is 14.0. The molecule has 23 heavy (non-hydrogen) atoms. The van der Waals surface area contributed by atoms with Gasteiger partial charge in [-0.2, -0.15) is 0 Å². The highest BCUT2D eigenvalue weighted by atomic mass is 16.2. The Morgan fingerprint density at radius 3 is 2.57 bits per heavy atom. The molecular formula is C19H25N3O. The van der Waals surface area contributed by atoms with E-state index in [9.17, 15) is 4.79 Å². The van der Waals surface area contributed by atoms with Crippen LogP contribution < -0.4 is 5.32 Å². The fourth-order valence-electron chi connectivity index (χ4n) is 2.36. The zero-order valence-electron chi connectivity index (χ0n) is 14.0. The van der Waals surface area contributed by atoms with Gasteiger partial charge in [0.05, 0.1) is 12.2 Å². The van der Waals surface area contributed by atoms with Crippen molar-refractivity contribution < 1.29 is 4.79 Å². The smallest absolute Gasteiger partial charge is 0.321 e. The first-order valence-electron chi connectivity index (χ1n) is 8.20. The first kappa shape index (κ1) is 17.0. The topological polar surface area (TPSA) is 45.2 Å². The Kier molecular flexibility index (Phi) is 6.60. The van der Waals surface area contributed by atoms with E-state index in [-0.39, 0.29) is 6.03 Å². The summed E-state index contributed by atoms with van der Waals surface area (Å²) in [5.41, 5.74) is 3.01. The number of urea groups is 1. The summed E-state index contributed by atoms with van der Waals surface area (Å²) < 4.78 is 0. The van der Waals surface area contributed by atoms with E-state index in [1.807, 2.05) is 30.3 Å². The van der Waals surface area contributed by atoms with Gasteiger partial charge in [0, 0.05) is 18.9 Å². The van der Waals surface area contributed by atoms with Gasteiger partial charge >= 0.3 is 6.03 Å². The number of aryl methyl sites for hydroxylation is 1. The average Bonchev–Trinajstić information content (AvgIpc) is 2.57. The van der Waals surface area contributed by atoms with Crippen LogP contribution in [0.1, 0.15) is 37.4 Å². The van der Waals surface area contributed by atoms with Crippen LogP contribution in [-0.4, -0.2) is 23.0 Å². The lowest BCUT2D eigenvalue weighted by molar-refractivity contribution is 0.220. The Bertz CT molecular complexity index is 596. The fourth-order valence-corrected chi connectivity index (χ4v) is 2.36. The Morgan fingerprint density at radius 1 is 1.13 bits per heavy atom. The number of hydrogen-bond acceptors (Lipinski definition) is 2. The minimum atomic E-state index is -0.130. The third-order valence-electron chi connectivity index (χ3n) is 3.75. The van der Waals surface area contributed by atoms with E-state index < -0.39 is 0 Å². The van der Waals surface area contributed by atoms with E-state index in [4.69, 9.17) is 0 Å². The summed E-state index contributed by atoms with van der Waals surface area (Å²) in [7, 11) is 1.77. The van der Waals surface area contributed by atoms with Crippen LogP contribution in [0.4, 0.5) is 10.5 Å². The number of aromatic nitrogens is 1. The number of unbranched alkanes of at least 4 members (excludes halogenated alkanes) is 2. The summed E-state index contributed by atoms with van der Waals surface area (Å²) in [6, 6.07) is 13.7. The lowest BCUT2D eigenvalue weighted by atomic mass is 10.1. The maximum Gasteiger partial charge on any atom is 0.321 e. The SMILES string of the molecule is CCCCCc1ccc(NC(=O)N(C)Cc2ccccn2)cc1. The molecule has 0 radical (unpaired) electrons. The number of anilines is 1. The minimum Gasteiger partial charge on any atom is -0.322 e. The molecule has 0 unspecified atom stereocenters. The molecule has 0 saturated heterocycles. The van der Waals surface area contributed by atoms with Crippen molar-refractivity contribution in [2.24, 2.45) is 0 Å². The molecule has 2 aromatic rings. The monoisotopic (exact) mass is 311 g/mol. The van der Waals surface area contributed by atoms with Gasteiger partial charge in [0.2, 0.25) is 0 Å². The molecule has 0 aliphatic carbocycles. The van der Waals surface area contributed by atoms with Crippen LogP contribution in [0.15, 0.2) is 48.7 Å². The molecule has 1 aromatic carbocycles. The average molecular weight is 311 g/mol. The van der Waals surface area contributed by atoms with Gasteiger partial charge in [-0.05, 0) is 42.7 Å². The second-order valence-electron chi connectivity index (χ2n) is 5.76. The van der Waals surface area contributed by atoms with Crippen molar-refractivity contribution in [1.29, 1.82) is 0 Å². The Labute approximate surface area is 138 Å². The lowest BCUT2D eigenvalue weighted by Gasteiger charge is -2.17. The largest absolute Gasteiger partial charge is 0.322 e. The van der Waals surface area contributed by atoms with E-state index in [2.05, 4.69) is 29.4 Å². The van der Waals surface area contributed by atoms with Gasteiger partial charge in [-0.1, -0.05) is 38.0 Å². The van der Waals surface area contributed by atoms with Crippen LogP contribution in [0, 0.1) is 0 Å². The van der Waals surface area contributed by atoms with E-state index >= 15 is 0 Å². The molecule has 122 valence electrons. The molecule has 1 aromatic heterocycles. The molecule has 0 saturated carbocycles. The highest BCUT2D eigenvalue weighted by molar-refractivity contribution is 5.89. The number of carbonyl (C=O) groups is 1. The van der Waals surface area contributed by atoms with E-state index in [0.29, 0.717) is 6.54 Å². The van der Waals surface area contributed by atoms with Crippen LogP contribution in [-0.2, 0) is 13.0 Å². The van der Waals surface area contributed by atoms with Gasteiger partial charge in [-0.3, -0.25) is 4.98 Å². The van der Waals surface area contributed by atoms with Gasteiger partial charge in [0.25, 0.3) is 0 Å². The van der Waals surface area contributed by atoms with Crippen LogP contribution in [0.3, 0.4) is 0 Å². The number of hydrogen-bond donors (Lipinski definition) is 1. The molecule has 2 amide bonds. The molecule has 4 heteroatoms. The first-order valence-corrected chi connectivity index (χ1v) is 8.20. The number of pyridine rings is 1. The van der Waals surface area contributed by atoms with Gasteiger partial charge in [-0.25, -0.2) is 4.79 Å². The molecule has 4 nitrogen and oxygen atoms in total. The van der Waals surface area contributed by atoms with Crippen LogP contribution >= 0.6 is 0 Å². The lowest BCUT2D eigenvalue weighted by Crippen LogP contribution is -2.31. The van der Waals surface area contributed by atoms with Crippen molar-refractivity contribution in [2.45, 2.75) is 39.2 Å². The van der Waals surface area contributed by atoms with Crippen LogP contribution in [0.5, 0.6) is 0 Å². The Morgan fingerprint density at radius 2 is 1.91 bits per heavy atom. The second-order valence-corrected chi connectivity index (χ2v) is 5.76. The highest BCUT2D eigenvalue weighted by Gasteiger charge is 2.09. The summed E-state index contributed by atoms with van der Waals surface area (Å²) in [6.45, 7) is 2.70. The fraction of sp³-hybridized carbons (Fsp3) is 0.368. The second kappa shape index (κ2) is 8.93. The van der Waals surface area contributed by atoms with Crippen molar-refractivity contribution in [3.05, 3.63) is 59.9 Å². The molecule has 0 aliphatic rings. The number of amides is 2. The van der Waals surface area contributed by atoms with Crippen LogP contribution in [0.25, 0.3) is 0 Å². The summed E-state index contributed by atoms with van der Waals surface area (Å²) in [5.74, 6) is 0. The van der Waals surface area contributed by atoms with Crippen molar-refractivity contribution in [2.75, 3.05) is 12.4 Å². The molecular weight excluding hydrogens is 286 g/mol. The molecule has 1 N–H and O–H groups in total. The third-order valence-corrected chi connectivity index (χ3v) is 3.75. The summed E-state index contributed by atoms with van der Waals surface area (Å²) in [6.07, 6.45) is 6.54. The predicted octanol–water partition coefficient (Wildman–Crippen LogP) is 4.48. The summed E-state index contributed by atoms with van der Waals surface area (Å²) in [5, 5.41) is 2.92. The summed E-state index contributed by atoms with van der Waals surface area (Å²) >= 11 is 0. The van der Waals surface area contributed by atoms with E-state index in [0.717, 1.165) is 17.8 Å². The molecule has 0 atom stereocenters. The zero-order chi connectivity index (χ0) is 16.5. The van der Waals surface area contributed by atoms with Crippen molar-refractivity contribution in [3.63, 3.8) is 0 Å². The highest BCUT2D eigenvalue weighted by Crippen LogP contribution is 2.13. The van der Waals surface area contributed by atoms with Crippen LogP contribution in [0.2, 0.25) is 0 Å². The number of nitrogens with one attached hydrogen (secondary N) is 1. The van der Waals surface area contributed by atoms with Gasteiger partial charge in [-0.15, -0.1) is 0 Å². The quantitative estimate of drug-likeness (QED) is 0.766. The summed E-state index contributed by atoms with van der Waals surface area (Å²) in [4.78, 5) is 18.1. The number of carbonyl (C=O) groups excluding carboxylic acids is 1. The minimum absolute atomic E-state index is 0.130. The Hall–Kier alpha value is -2.36. The van der Waals surface area contributed by atoms with Gasteiger partial charge < -0.3 is 10.2 Å². The molecule has 2 rings (SSSR count). The van der Waals surface area contributed by atoms with E-state index in [1.54, 1.807) is 18.1 Å². The number of benzene rings is 1. The number of nitrogens with zero attached hydrogens (tertiary/aromatic N) is 2. The van der Waals surface area contributed by atoms with Gasteiger partial charge in [0.1, 0.15) is 0 Å². The standard InChI is InChI=1S/C19H25N3O/c1-3-4-5-8-16-10-12-17(13-11-16)21-19(23)22(2)15-18-9-6-7-14-20-18/h6-7,9-14H,3-5,8,15H2,1-2H3,(H,21,23). The third kappa shape index (κ3) is 5.74. The number of rotatable bonds is 7. The first-order chi connectivity index (χ1) is 11.2. The van der Waals surface area contributed by atoms with Gasteiger partial charge in [0.15, 0.2) is 0 Å².